The van der Waals surface area contributed by atoms with Gasteiger partial charge in [-0.2, -0.15) is 0 Å². The van der Waals surface area contributed by atoms with E-state index in [9.17, 15) is 14.4 Å². The zero-order valence-corrected chi connectivity index (χ0v) is 14.5. The van der Waals surface area contributed by atoms with Gasteiger partial charge in [0.25, 0.3) is 5.91 Å². The number of ether oxygens (including phenoxy) is 2. The van der Waals surface area contributed by atoms with Crippen LogP contribution in [0.5, 0.6) is 11.5 Å². The number of rotatable bonds is 6. The highest BCUT2D eigenvalue weighted by Gasteiger charge is 2.32. The second-order valence-electron chi connectivity index (χ2n) is 5.26. The molecule has 1 aromatic carbocycles. The maximum atomic E-state index is 12.4. The molecule has 9 heteroatoms. The first-order chi connectivity index (χ1) is 12.0. The predicted molar refractivity (Wildman–Crippen MR) is 93.8 cm³/mol. The molecule has 7 nitrogen and oxygen atoms in total. The molecule has 2 aliphatic rings. The number of carboxylic acids is 1. The van der Waals surface area contributed by atoms with E-state index in [1.807, 2.05) is 0 Å². The standard InChI is InChI=1S/C16H13NO6S2/c18-10(9-3-4-11-12(6-9)23-8-22-11)7-13-15(21)17(16(24)25-13)5-1-2-14(19)20/h3-4,6-7H,1-2,5,8H2,(H,19,20). The maximum absolute atomic E-state index is 12.4. The molecule has 0 aromatic heterocycles. The number of ketones is 1. The summed E-state index contributed by atoms with van der Waals surface area (Å²) in [5.41, 5.74) is 0.375. The van der Waals surface area contributed by atoms with Gasteiger partial charge >= 0.3 is 5.97 Å². The van der Waals surface area contributed by atoms with Crippen molar-refractivity contribution in [3.8, 4) is 11.5 Å². The zero-order chi connectivity index (χ0) is 18.0. The Kier molecular flexibility index (Phi) is 5.05. The second-order valence-corrected chi connectivity index (χ2v) is 6.94. The summed E-state index contributed by atoms with van der Waals surface area (Å²) in [6, 6.07) is 4.80. The minimum absolute atomic E-state index is 0.0494. The van der Waals surface area contributed by atoms with Crippen molar-refractivity contribution >= 4 is 46.0 Å². The van der Waals surface area contributed by atoms with Gasteiger partial charge in [-0.05, 0) is 24.6 Å². The number of amides is 1. The van der Waals surface area contributed by atoms with Gasteiger partial charge in [0.1, 0.15) is 4.32 Å². The van der Waals surface area contributed by atoms with E-state index in [4.69, 9.17) is 26.8 Å². The molecule has 1 fully saturated rings. The van der Waals surface area contributed by atoms with E-state index in [0.29, 0.717) is 27.8 Å². The minimum atomic E-state index is -0.932. The summed E-state index contributed by atoms with van der Waals surface area (Å²) in [5.74, 6) is -0.598. The Hall–Kier alpha value is -2.39. The van der Waals surface area contributed by atoms with E-state index in [0.717, 1.165) is 11.8 Å². The Balaban J connectivity index is 1.70. The lowest BCUT2D eigenvalue weighted by atomic mass is 10.1. The molecule has 1 saturated heterocycles. The minimum Gasteiger partial charge on any atom is -0.481 e. The summed E-state index contributed by atoms with van der Waals surface area (Å²) in [4.78, 5) is 36.8. The topological polar surface area (TPSA) is 93.1 Å². The van der Waals surface area contributed by atoms with Gasteiger partial charge in [0.15, 0.2) is 17.3 Å². The first-order valence-corrected chi connectivity index (χ1v) is 8.59. The normalized spacial score (nSPS) is 17.4. The lowest BCUT2D eigenvalue weighted by molar-refractivity contribution is -0.137. The third-order valence-corrected chi connectivity index (χ3v) is 4.94. The van der Waals surface area contributed by atoms with Crippen LogP contribution >= 0.6 is 24.0 Å². The molecule has 0 aliphatic carbocycles. The number of carbonyl (C=O) groups is 3. The average molecular weight is 379 g/mol. The van der Waals surface area contributed by atoms with Gasteiger partial charge in [0.2, 0.25) is 6.79 Å². The molecule has 0 atom stereocenters. The van der Waals surface area contributed by atoms with E-state index >= 15 is 0 Å². The van der Waals surface area contributed by atoms with Crippen molar-refractivity contribution in [2.45, 2.75) is 12.8 Å². The number of carboxylic acid groups (broad SMARTS) is 1. The molecule has 25 heavy (non-hydrogen) atoms. The number of benzene rings is 1. The largest absolute Gasteiger partial charge is 0.481 e. The summed E-state index contributed by atoms with van der Waals surface area (Å²) in [5, 5.41) is 8.67. The summed E-state index contributed by atoms with van der Waals surface area (Å²) in [6.45, 7) is 0.328. The van der Waals surface area contributed by atoms with Crippen LogP contribution in [0.4, 0.5) is 0 Å². The number of fused-ring (bicyclic) bond motifs is 1. The van der Waals surface area contributed by atoms with Gasteiger partial charge in [-0.1, -0.05) is 24.0 Å². The summed E-state index contributed by atoms with van der Waals surface area (Å²) in [7, 11) is 0. The van der Waals surface area contributed by atoms with Crippen molar-refractivity contribution in [2.75, 3.05) is 13.3 Å². The van der Waals surface area contributed by atoms with Crippen molar-refractivity contribution in [2.24, 2.45) is 0 Å². The molecule has 0 spiro atoms. The van der Waals surface area contributed by atoms with Gasteiger partial charge in [-0.25, -0.2) is 0 Å². The zero-order valence-electron chi connectivity index (χ0n) is 12.9. The van der Waals surface area contributed by atoms with Crippen LogP contribution in [0.15, 0.2) is 29.2 Å². The number of nitrogens with zero attached hydrogens (tertiary/aromatic N) is 1. The van der Waals surface area contributed by atoms with Crippen LogP contribution < -0.4 is 9.47 Å². The van der Waals surface area contributed by atoms with Crippen LogP contribution in [0.1, 0.15) is 23.2 Å². The van der Waals surface area contributed by atoms with Crippen LogP contribution in [-0.2, 0) is 9.59 Å². The number of hydrogen-bond donors (Lipinski definition) is 1. The van der Waals surface area contributed by atoms with Gasteiger partial charge in [0.05, 0.1) is 4.91 Å². The summed E-state index contributed by atoms with van der Waals surface area (Å²) in [6.07, 6.45) is 1.49. The van der Waals surface area contributed by atoms with E-state index < -0.39 is 5.97 Å². The molecule has 130 valence electrons. The second kappa shape index (κ2) is 7.24. The highest BCUT2D eigenvalue weighted by molar-refractivity contribution is 8.26. The Labute approximate surface area is 152 Å². The van der Waals surface area contributed by atoms with Gasteiger partial charge in [-0.3, -0.25) is 19.3 Å². The van der Waals surface area contributed by atoms with Gasteiger partial charge < -0.3 is 14.6 Å². The number of thioether (sulfide) groups is 1. The SMILES string of the molecule is O=C(O)CCCN1C(=O)C(=CC(=O)c2ccc3c(c2)OCO3)SC1=S. The fourth-order valence-corrected chi connectivity index (χ4v) is 3.61. The van der Waals surface area contributed by atoms with Crippen molar-refractivity contribution < 1.29 is 29.0 Å². The first-order valence-electron chi connectivity index (χ1n) is 7.37. The Morgan fingerprint density at radius 3 is 2.84 bits per heavy atom. The summed E-state index contributed by atoms with van der Waals surface area (Å²) < 4.78 is 10.7. The molecule has 1 N–H and O–H groups in total. The van der Waals surface area contributed by atoms with Crippen molar-refractivity contribution in [3.63, 3.8) is 0 Å². The Morgan fingerprint density at radius 2 is 2.08 bits per heavy atom. The van der Waals surface area contributed by atoms with E-state index in [1.54, 1.807) is 18.2 Å². The molecule has 0 saturated carbocycles. The van der Waals surface area contributed by atoms with Crippen LogP contribution in [0.25, 0.3) is 0 Å². The van der Waals surface area contributed by atoms with Crippen molar-refractivity contribution in [1.82, 2.24) is 4.90 Å². The lowest BCUT2D eigenvalue weighted by Crippen LogP contribution is -2.29. The van der Waals surface area contributed by atoms with Crippen LogP contribution in [0, 0.1) is 0 Å². The van der Waals surface area contributed by atoms with Crippen LogP contribution in [0.3, 0.4) is 0 Å². The van der Waals surface area contributed by atoms with Crippen LogP contribution in [0.2, 0.25) is 0 Å². The van der Waals surface area contributed by atoms with Crippen molar-refractivity contribution in [1.29, 1.82) is 0 Å². The van der Waals surface area contributed by atoms with Gasteiger partial charge in [-0.15, -0.1) is 0 Å². The molecule has 2 heterocycles. The first kappa shape index (κ1) is 17.4. The van der Waals surface area contributed by atoms with E-state index in [-0.39, 0.29) is 36.4 Å². The Bertz CT molecular complexity index is 804. The fourth-order valence-electron chi connectivity index (χ4n) is 2.33. The molecular weight excluding hydrogens is 366 g/mol. The highest BCUT2D eigenvalue weighted by Crippen LogP contribution is 2.34. The third-order valence-electron chi connectivity index (χ3n) is 3.57. The molecule has 0 unspecified atom stereocenters. The molecule has 1 aromatic rings. The molecule has 2 aliphatic heterocycles. The predicted octanol–water partition coefficient (Wildman–Crippen LogP) is 2.21. The van der Waals surface area contributed by atoms with E-state index in [1.165, 1.54) is 11.0 Å². The molecule has 0 radical (unpaired) electrons. The number of carbonyl (C=O) groups excluding carboxylic acids is 2. The number of allylic oxidation sites excluding steroid dienone is 1. The van der Waals surface area contributed by atoms with Gasteiger partial charge in [0, 0.05) is 24.6 Å². The Morgan fingerprint density at radius 1 is 1.32 bits per heavy atom. The van der Waals surface area contributed by atoms with Crippen LogP contribution in [-0.4, -0.2) is 45.3 Å². The molecule has 3 rings (SSSR count). The number of aliphatic carboxylic acids is 1. The fraction of sp³-hybridized carbons (Fsp3) is 0.250. The third kappa shape index (κ3) is 3.83. The number of thiocarbonyl (C=S) groups is 1. The monoisotopic (exact) mass is 379 g/mol. The highest BCUT2D eigenvalue weighted by atomic mass is 32.2. The van der Waals surface area contributed by atoms with E-state index in [2.05, 4.69) is 0 Å². The van der Waals surface area contributed by atoms with Crippen molar-refractivity contribution in [3.05, 3.63) is 34.7 Å². The molecule has 0 bridgehead atoms. The molecular formula is C16H13NO6S2. The maximum Gasteiger partial charge on any atom is 0.303 e. The molecule has 1 amide bonds. The number of hydrogen-bond acceptors (Lipinski definition) is 7. The lowest BCUT2D eigenvalue weighted by Gasteiger charge is -2.13. The summed E-state index contributed by atoms with van der Waals surface area (Å²) >= 11 is 6.17. The quantitative estimate of drug-likeness (QED) is 0.457. The average Bonchev–Trinajstić information content (AvgIpc) is 3.13. The smallest absolute Gasteiger partial charge is 0.303 e.